The molecule has 5 heteroatoms. The second kappa shape index (κ2) is 3.94. The molecular weight excluding hydrogens is 190 g/mol. The van der Waals surface area contributed by atoms with Crippen molar-refractivity contribution in [2.45, 2.75) is 26.0 Å². The number of hydrogen-bond acceptors (Lipinski definition) is 4. The first-order chi connectivity index (χ1) is 6.00. The molecule has 1 N–H and O–H groups in total. The number of likely N-dealkylation sites (N-methyl/N-ethyl adjacent to an activating group) is 1. The van der Waals surface area contributed by atoms with Crippen molar-refractivity contribution in [2.24, 2.45) is 0 Å². The van der Waals surface area contributed by atoms with E-state index in [0.717, 1.165) is 13.1 Å². The first kappa shape index (κ1) is 10.9. The minimum Gasteiger partial charge on any atom is -0.390 e. The minimum absolute atomic E-state index is 0.0752. The molecule has 1 rings (SSSR count). The summed E-state index contributed by atoms with van der Waals surface area (Å²) in [6, 6.07) is -0.194. The third-order valence-electron chi connectivity index (χ3n) is 2.57. The molecule has 0 amide bonds. The normalized spacial score (nSPS) is 32.6. The lowest BCUT2D eigenvalue weighted by Gasteiger charge is -2.27. The summed E-state index contributed by atoms with van der Waals surface area (Å²) in [6.07, 6.45) is -0.704. The van der Waals surface area contributed by atoms with Crippen LogP contribution in [0.5, 0.6) is 0 Å². The molecule has 0 bridgehead atoms. The number of aliphatic hydroxyl groups is 1. The standard InChI is InChI=1S/C8H17NO3S/c1-3-9(4-2)7-5-13(11,12)6-8(7)10/h7-8,10H,3-6H2,1-2H3/t7-,8-/m1/s1. The first-order valence-electron chi connectivity index (χ1n) is 4.62. The Kier molecular flexibility index (Phi) is 3.32. The lowest BCUT2D eigenvalue weighted by atomic mass is 10.2. The number of sulfone groups is 1. The average molecular weight is 207 g/mol. The highest BCUT2D eigenvalue weighted by molar-refractivity contribution is 7.91. The zero-order valence-corrected chi connectivity index (χ0v) is 8.92. The largest absolute Gasteiger partial charge is 0.390 e. The van der Waals surface area contributed by atoms with Crippen LogP contribution in [0.15, 0.2) is 0 Å². The summed E-state index contributed by atoms with van der Waals surface area (Å²) in [5.74, 6) is 0.0318. The molecule has 1 saturated heterocycles. The SMILES string of the molecule is CCN(CC)[C@@H]1CS(=O)(=O)C[C@H]1O. The van der Waals surface area contributed by atoms with Crippen LogP contribution in [-0.4, -0.2) is 55.2 Å². The Labute approximate surface area is 79.5 Å². The molecule has 1 heterocycles. The first-order valence-corrected chi connectivity index (χ1v) is 6.44. The molecule has 1 aliphatic heterocycles. The molecule has 1 fully saturated rings. The van der Waals surface area contributed by atoms with Gasteiger partial charge in [0.05, 0.1) is 23.7 Å². The van der Waals surface area contributed by atoms with Crippen LogP contribution in [0.3, 0.4) is 0 Å². The molecule has 0 unspecified atom stereocenters. The van der Waals surface area contributed by atoms with E-state index in [2.05, 4.69) is 0 Å². The summed E-state index contributed by atoms with van der Waals surface area (Å²) in [5, 5.41) is 9.54. The van der Waals surface area contributed by atoms with Crippen molar-refractivity contribution in [1.82, 2.24) is 4.90 Å². The van der Waals surface area contributed by atoms with Gasteiger partial charge in [-0.25, -0.2) is 8.42 Å². The van der Waals surface area contributed by atoms with E-state index in [4.69, 9.17) is 0 Å². The van der Waals surface area contributed by atoms with E-state index in [9.17, 15) is 13.5 Å². The van der Waals surface area contributed by atoms with Gasteiger partial charge in [0.15, 0.2) is 9.84 Å². The lowest BCUT2D eigenvalue weighted by Crippen LogP contribution is -2.42. The van der Waals surface area contributed by atoms with Crippen molar-refractivity contribution in [3.05, 3.63) is 0 Å². The van der Waals surface area contributed by atoms with Gasteiger partial charge < -0.3 is 5.11 Å². The van der Waals surface area contributed by atoms with Crippen molar-refractivity contribution in [2.75, 3.05) is 24.6 Å². The van der Waals surface area contributed by atoms with Crippen molar-refractivity contribution in [3.8, 4) is 0 Å². The quantitative estimate of drug-likeness (QED) is 0.677. The lowest BCUT2D eigenvalue weighted by molar-refractivity contribution is 0.0901. The Morgan fingerprint density at radius 1 is 1.31 bits per heavy atom. The second-order valence-corrected chi connectivity index (χ2v) is 5.59. The zero-order chi connectivity index (χ0) is 10.1. The van der Waals surface area contributed by atoms with Crippen molar-refractivity contribution in [1.29, 1.82) is 0 Å². The van der Waals surface area contributed by atoms with E-state index in [1.165, 1.54) is 0 Å². The van der Waals surface area contributed by atoms with E-state index >= 15 is 0 Å². The van der Waals surface area contributed by atoms with E-state index in [1.54, 1.807) is 0 Å². The Morgan fingerprint density at radius 2 is 1.85 bits per heavy atom. The second-order valence-electron chi connectivity index (χ2n) is 3.43. The average Bonchev–Trinajstić information content (AvgIpc) is 2.28. The van der Waals surface area contributed by atoms with Gasteiger partial charge in [-0.2, -0.15) is 0 Å². The van der Waals surface area contributed by atoms with Crippen molar-refractivity contribution >= 4 is 9.84 Å². The van der Waals surface area contributed by atoms with Gasteiger partial charge in [0.2, 0.25) is 0 Å². The van der Waals surface area contributed by atoms with Crippen LogP contribution in [-0.2, 0) is 9.84 Å². The number of hydrogen-bond donors (Lipinski definition) is 1. The van der Waals surface area contributed by atoms with Gasteiger partial charge in [0, 0.05) is 0 Å². The van der Waals surface area contributed by atoms with Gasteiger partial charge in [0.1, 0.15) is 0 Å². The number of nitrogens with zero attached hydrogens (tertiary/aromatic N) is 1. The van der Waals surface area contributed by atoms with E-state index in [-0.39, 0.29) is 17.5 Å². The molecule has 13 heavy (non-hydrogen) atoms. The summed E-state index contributed by atoms with van der Waals surface area (Å²) in [5.41, 5.74) is 0. The molecule has 0 aromatic heterocycles. The fourth-order valence-electron chi connectivity index (χ4n) is 1.85. The molecule has 0 aliphatic carbocycles. The molecule has 0 radical (unpaired) electrons. The zero-order valence-electron chi connectivity index (χ0n) is 8.10. The van der Waals surface area contributed by atoms with Crippen LogP contribution in [0, 0.1) is 0 Å². The fraction of sp³-hybridized carbons (Fsp3) is 1.00. The Hall–Kier alpha value is -0.130. The van der Waals surface area contributed by atoms with Crippen LogP contribution in [0.4, 0.5) is 0 Å². The Bertz CT molecular complexity index is 259. The topological polar surface area (TPSA) is 57.6 Å². The maximum absolute atomic E-state index is 11.2. The van der Waals surface area contributed by atoms with Gasteiger partial charge in [0.25, 0.3) is 0 Å². The fourth-order valence-corrected chi connectivity index (χ4v) is 3.68. The van der Waals surface area contributed by atoms with Gasteiger partial charge in [-0.05, 0) is 13.1 Å². The molecule has 4 nitrogen and oxygen atoms in total. The summed E-state index contributed by atoms with van der Waals surface area (Å²) in [6.45, 7) is 5.52. The third kappa shape index (κ3) is 2.42. The van der Waals surface area contributed by atoms with Gasteiger partial charge in [-0.1, -0.05) is 13.8 Å². The predicted molar refractivity (Wildman–Crippen MR) is 51.4 cm³/mol. The predicted octanol–water partition coefficient (Wildman–Crippen LogP) is -0.514. The Morgan fingerprint density at radius 3 is 2.15 bits per heavy atom. The van der Waals surface area contributed by atoms with E-state index < -0.39 is 15.9 Å². The van der Waals surface area contributed by atoms with E-state index in [0.29, 0.717) is 0 Å². The summed E-state index contributed by atoms with van der Waals surface area (Å²) in [7, 11) is -3.00. The number of rotatable bonds is 3. The van der Waals surface area contributed by atoms with Crippen LogP contribution < -0.4 is 0 Å². The maximum Gasteiger partial charge on any atom is 0.154 e. The summed E-state index contributed by atoms with van der Waals surface area (Å²) < 4.78 is 22.4. The molecule has 2 atom stereocenters. The van der Waals surface area contributed by atoms with Gasteiger partial charge in [-0.3, -0.25) is 4.90 Å². The monoisotopic (exact) mass is 207 g/mol. The summed E-state index contributed by atoms with van der Waals surface area (Å²) in [4.78, 5) is 2.00. The molecule has 0 aromatic rings. The van der Waals surface area contributed by atoms with Gasteiger partial charge >= 0.3 is 0 Å². The highest BCUT2D eigenvalue weighted by Gasteiger charge is 2.38. The van der Waals surface area contributed by atoms with Crippen LogP contribution in [0.25, 0.3) is 0 Å². The van der Waals surface area contributed by atoms with Gasteiger partial charge in [-0.15, -0.1) is 0 Å². The van der Waals surface area contributed by atoms with Crippen LogP contribution >= 0.6 is 0 Å². The Balaban J connectivity index is 2.72. The highest BCUT2D eigenvalue weighted by atomic mass is 32.2. The molecule has 78 valence electrons. The van der Waals surface area contributed by atoms with Crippen LogP contribution in [0.2, 0.25) is 0 Å². The van der Waals surface area contributed by atoms with Crippen molar-refractivity contribution in [3.63, 3.8) is 0 Å². The molecule has 0 spiro atoms. The van der Waals surface area contributed by atoms with E-state index in [1.807, 2.05) is 18.7 Å². The third-order valence-corrected chi connectivity index (χ3v) is 4.27. The number of aliphatic hydroxyl groups excluding tert-OH is 1. The molecule has 0 saturated carbocycles. The smallest absolute Gasteiger partial charge is 0.154 e. The maximum atomic E-state index is 11.2. The minimum atomic E-state index is -3.00. The van der Waals surface area contributed by atoms with Crippen molar-refractivity contribution < 1.29 is 13.5 Å². The summed E-state index contributed by atoms with van der Waals surface area (Å²) >= 11 is 0. The van der Waals surface area contributed by atoms with Crippen LogP contribution in [0.1, 0.15) is 13.8 Å². The molecular formula is C8H17NO3S. The molecule has 1 aliphatic rings. The highest BCUT2D eigenvalue weighted by Crippen LogP contribution is 2.17. The molecule has 0 aromatic carbocycles.